The summed E-state index contributed by atoms with van der Waals surface area (Å²) in [6.45, 7) is 0.701. The molecule has 1 atom stereocenters. The zero-order valence-corrected chi connectivity index (χ0v) is 14.9. The highest BCUT2D eigenvalue weighted by atomic mass is 19.4. The number of anilines is 1. The van der Waals surface area contributed by atoms with Gasteiger partial charge < -0.3 is 14.5 Å². The summed E-state index contributed by atoms with van der Waals surface area (Å²) in [7, 11) is 1.52. The van der Waals surface area contributed by atoms with Gasteiger partial charge in [0.2, 0.25) is 11.8 Å². The maximum Gasteiger partial charge on any atom is 0.406 e. The van der Waals surface area contributed by atoms with E-state index in [2.05, 4.69) is 0 Å². The Hall–Kier alpha value is -2.25. The van der Waals surface area contributed by atoms with Crippen LogP contribution in [0.4, 0.5) is 18.9 Å². The Bertz CT molecular complexity index is 632. The third kappa shape index (κ3) is 5.12. The van der Waals surface area contributed by atoms with Crippen LogP contribution in [0, 0.1) is 5.92 Å². The second kappa shape index (κ2) is 8.42. The minimum absolute atomic E-state index is 0.0437. The summed E-state index contributed by atoms with van der Waals surface area (Å²) < 4.78 is 43.4. The van der Waals surface area contributed by atoms with Gasteiger partial charge in [-0.25, -0.2) is 0 Å². The predicted octanol–water partition coefficient (Wildman–Crippen LogP) is 3.24. The number of methoxy groups -OCH3 is 1. The number of benzene rings is 1. The number of halogens is 3. The number of unbranched alkanes of at least 4 members (excludes halogenated alkanes) is 1. The molecule has 2 amide bonds. The van der Waals surface area contributed by atoms with Crippen LogP contribution in [0.5, 0.6) is 5.75 Å². The number of amides is 2. The van der Waals surface area contributed by atoms with E-state index in [4.69, 9.17) is 4.74 Å². The van der Waals surface area contributed by atoms with Crippen molar-refractivity contribution in [3.63, 3.8) is 0 Å². The average Bonchev–Trinajstić information content (AvgIpc) is 2.99. The Morgan fingerprint density at radius 1 is 1.31 bits per heavy atom. The molecule has 5 nitrogen and oxygen atoms in total. The lowest BCUT2D eigenvalue weighted by atomic mass is 10.1. The molecule has 1 unspecified atom stereocenters. The van der Waals surface area contributed by atoms with Gasteiger partial charge in [0.25, 0.3) is 0 Å². The first-order valence-electron chi connectivity index (χ1n) is 8.55. The van der Waals surface area contributed by atoms with E-state index in [0.29, 0.717) is 24.3 Å². The van der Waals surface area contributed by atoms with Crippen LogP contribution in [0.2, 0.25) is 0 Å². The van der Waals surface area contributed by atoms with Crippen molar-refractivity contribution in [3.8, 4) is 5.75 Å². The van der Waals surface area contributed by atoms with Crippen molar-refractivity contribution in [2.24, 2.45) is 5.92 Å². The van der Waals surface area contributed by atoms with Gasteiger partial charge in [-0.15, -0.1) is 0 Å². The standard InChI is InChI=1S/C18H23F3N2O3/c1-3-4-9-22(12-18(19,20)21)17(25)13-10-16(24)23(11-13)14-5-7-15(26-2)8-6-14/h5-8,13H,3-4,9-12H2,1-2H3. The van der Waals surface area contributed by atoms with Crippen LogP contribution < -0.4 is 9.64 Å². The predicted molar refractivity (Wildman–Crippen MR) is 91.0 cm³/mol. The van der Waals surface area contributed by atoms with Crippen LogP contribution in [0.15, 0.2) is 24.3 Å². The Kier molecular flexibility index (Phi) is 6.50. The van der Waals surface area contributed by atoms with Gasteiger partial charge in [0, 0.05) is 25.2 Å². The van der Waals surface area contributed by atoms with Gasteiger partial charge >= 0.3 is 6.18 Å². The van der Waals surface area contributed by atoms with Crippen molar-refractivity contribution in [1.82, 2.24) is 4.90 Å². The molecular weight excluding hydrogens is 349 g/mol. The maximum atomic E-state index is 12.8. The molecule has 0 spiro atoms. The first-order chi connectivity index (χ1) is 12.2. The third-order valence-corrected chi connectivity index (χ3v) is 4.32. The fraction of sp³-hybridized carbons (Fsp3) is 0.556. The van der Waals surface area contributed by atoms with Gasteiger partial charge in [0.05, 0.1) is 13.0 Å². The summed E-state index contributed by atoms with van der Waals surface area (Å²) in [5, 5.41) is 0. The molecule has 26 heavy (non-hydrogen) atoms. The van der Waals surface area contributed by atoms with E-state index in [-0.39, 0.29) is 25.4 Å². The second-order valence-electron chi connectivity index (χ2n) is 6.33. The van der Waals surface area contributed by atoms with Crippen LogP contribution in [-0.2, 0) is 9.59 Å². The fourth-order valence-corrected chi connectivity index (χ4v) is 2.98. The van der Waals surface area contributed by atoms with E-state index in [1.165, 1.54) is 12.0 Å². The first-order valence-corrected chi connectivity index (χ1v) is 8.55. The van der Waals surface area contributed by atoms with Crippen molar-refractivity contribution in [1.29, 1.82) is 0 Å². The molecule has 1 aliphatic heterocycles. The Balaban J connectivity index is 2.09. The zero-order valence-electron chi connectivity index (χ0n) is 14.9. The summed E-state index contributed by atoms with van der Waals surface area (Å²) in [4.78, 5) is 27.1. The minimum atomic E-state index is -4.46. The number of carbonyl (C=O) groups excluding carboxylic acids is 2. The quantitative estimate of drug-likeness (QED) is 0.738. The van der Waals surface area contributed by atoms with E-state index in [0.717, 1.165) is 4.90 Å². The van der Waals surface area contributed by atoms with Crippen LogP contribution in [0.25, 0.3) is 0 Å². The van der Waals surface area contributed by atoms with E-state index >= 15 is 0 Å². The molecule has 0 N–H and O–H groups in total. The molecule has 1 aliphatic rings. The molecule has 0 radical (unpaired) electrons. The number of hydrogen-bond donors (Lipinski definition) is 0. The van der Waals surface area contributed by atoms with Crippen molar-refractivity contribution < 1.29 is 27.5 Å². The largest absolute Gasteiger partial charge is 0.497 e. The molecule has 1 aromatic rings. The normalized spacial score (nSPS) is 17.5. The first kappa shape index (κ1) is 20.1. The number of nitrogens with zero attached hydrogens (tertiary/aromatic N) is 2. The van der Waals surface area contributed by atoms with Gasteiger partial charge in [-0.1, -0.05) is 13.3 Å². The molecule has 1 fully saturated rings. The molecule has 0 bridgehead atoms. The fourth-order valence-electron chi connectivity index (χ4n) is 2.98. The molecule has 144 valence electrons. The average molecular weight is 372 g/mol. The lowest BCUT2D eigenvalue weighted by Gasteiger charge is -2.26. The summed E-state index contributed by atoms with van der Waals surface area (Å²) in [5.74, 6) is -1.01. The van der Waals surface area contributed by atoms with E-state index < -0.39 is 24.5 Å². The SMILES string of the molecule is CCCCN(CC(F)(F)F)C(=O)C1CC(=O)N(c2ccc(OC)cc2)C1. The smallest absolute Gasteiger partial charge is 0.406 e. The van der Waals surface area contributed by atoms with Gasteiger partial charge in [-0.2, -0.15) is 13.2 Å². The van der Waals surface area contributed by atoms with Crippen LogP contribution >= 0.6 is 0 Å². The molecule has 1 heterocycles. The molecule has 0 aromatic heterocycles. The number of rotatable bonds is 7. The Morgan fingerprint density at radius 2 is 1.96 bits per heavy atom. The van der Waals surface area contributed by atoms with Crippen molar-refractivity contribution in [3.05, 3.63) is 24.3 Å². The molecule has 0 aliphatic carbocycles. The molecule has 8 heteroatoms. The summed E-state index contributed by atoms with van der Waals surface area (Å²) in [5.41, 5.74) is 0.599. The van der Waals surface area contributed by atoms with Crippen LogP contribution in [0.3, 0.4) is 0 Å². The summed E-state index contributed by atoms with van der Waals surface area (Å²) in [6.07, 6.45) is -3.36. The lowest BCUT2D eigenvalue weighted by Crippen LogP contribution is -2.43. The van der Waals surface area contributed by atoms with Crippen LogP contribution in [-0.4, -0.2) is 49.6 Å². The third-order valence-electron chi connectivity index (χ3n) is 4.32. The Labute approximate surface area is 150 Å². The van der Waals surface area contributed by atoms with Crippen molar-refractivity contribution in [2.45, 2.75) is 32.4 Å². The zero-order chi connectivity index (χ0) is 19.3. The van der Waals surface area contributed by atoms with Gasteiger partial charge in [-0.3, -0.25) is 9.59 Å². The number of ether oxygens (including phenoxy) is 1. The van der Waals surface area contributed by atoms with Gasteiger partial charge in [0.1, 0.15) is 12.3 Å². The second-order valence-corrected chi connectivity index (χ2v) is 6.33. The number of alkyl halides is 3. The summed E-state index contributed by atoms with van der Waals surface area (Å²) in [6, 6.07) is 6.76. The summed E-state index contributed by atoms with van der Waals surface area (Å²) >= 11 is 0. The van der Waals surface area contributed by atoms with Crippen molar-refractivity contribution in [2.75, 3.05) is 31.6 Å². The topological polar surface area (TPSA) is 49.9 Å². The number of carbonyl (C=O) groups is 2. The molecule has 2 rings (SSSR count). The van der Waals surface area contributed by atoms with Crippen LogP contribution in [0.1, 0.15) is 26.2 Å². The monoisotopic (exact) mass is 372 g/mol. The van der Waals surface area contributed by atoms with Gasteiger partial charge in [-0.05, 0) is 30.7 Å². The highest BCUT2D eigenvalue weighted by Crippen LogP contribution is 2.29. The van der Waals surface area contributed by atoms with E-state index in [9.17, 15) is 22.8 Å². The highest BCUT2D eigenvalue weighted by Gasteiger charge is 2.40. The highest BCUT2D eigenvalue weighted by molar-refractivity contribution is 6.00. The van der Waals surface area contributed by atoms with E-state index in [1.54, 1.807) is 24.3 Å². The minimum Gasteiger partial charge on any atom is -0.497 e. The molecule has 1 saturated heterocycles. The van der Waals surface area contributed by atoms with Crippen molar-refractivity contribution >= 4 is 17.5 Å². The molecular formula is C18H23F3N2O3. The lowest BCUT2D eigenvalue weighted by molar-refractivity contribution is -0.163. The molecule has 1 aromatic carbocycles. The number of hydrogen-bond acceptors (Lipinski definition) is 3. The van der Waals surface area contributed by atoms with E-state index in [1.807, 2.05) is 6.92 Å². The maximum absolute atomic E-state index is 12.8. The van der Waals surface area contributed by atoms with Gasteiger partial charge in [0.15, 0.2) is 0 Å². The molecule has 0 saturated carbocycles. The Morgan fingerprint density at radius 3 is 2.50 bits per heavy atom.